The predicted octanol–water partition coefficient (Wildman–Crippen LogP) is 3.60. The third-order valence-electron chi connectivity index (χ3n) is 3.66. The molecule has 0 fully saturated rings. The second-order valence-corrected chi connectivity index (χ2v) is 5.16. The molecule has 0 aliphatic heterocycles. The van der Waals surface area contributed by atoms with Crippen molar-refractivity contribution in [1.29, 1.82) is 0 Å². The molecule has 3 nitrogen and oxygen atoms in total. The molecule has 1 atom stereocenters. The molecule has 3 aromatic rings. The number of methoxy groups -OCH3 is 1. The first-order valence-electron chi connectivity index (χ1n) is 6.94. The lowest BCUT2D eigenvalue weighted by Crippen LogP contribution is -2.11. The highest BCUT2D eigenvalue weighted by molar-refractivity contribution is 5.79. The summed E-state index contributed by atoms with van der Waals surface area (Å²) < 4.78 is 5.26. The molecule has 2 N–H and O–H groups in total. The van der Waals surface area contributed by atoms with Crippen LogP contribution >= 0.6 is 0 Å². The zero-order valence-electron chi connectivity index (χ0n) is 12.2. The summed E-state index contributed by atoms with van der Waals surface area (Å²) >= 11 is 0. The van der Waals surface area contributed by atoms with Crippen LogP contribution in [0.2, 0.25) is 0 Å². The number of nitrogens with two attached hydrogens (primary N) is 1. The Hall–Kier alpha value is -2.39. The summed E-state index contributed by atoms with van der Waals surface area (Å²) in [6.45, 7) is 2.00. The zero-order chi connectivity index (χ0) is 14.8. The second-order valence-electron chi connectivity index (χ2n) is 5.16. The summed E-state index contributed by atoms with van der Waals surface area (Å²) in [5.74, 6) is 0.820. The van der Waals surface area contributed by atoms with Crippen molar-refractivity contribution < 1.29 is 4.74 Å². The van der Waals surface area contributed by atoms with E-state index in [9.17, 15) is 0 Å². The minimum Gasteiger partial charge on any atom is -0.497 e. The summed E-state index contributed by atoms with van der Waals surface area (Å²) in [6.07, 6.45) is 0. The van der Waals surface area contributed by atoms with Crippen LogP contribution in [0.1, 0.15) is 22.9 Å². The maximum Gasteiger partial charge on any atom is 0.119 e. The van der Waals surface area contributed by atoms with Crippen LogP contribution in [0.25, 0.3) is 10.9 Å². The number of rotatable bonds is 3. The SMILES string of the molecule is COc1cccc(C(N)c2ccc3nc(C)ccc3c2)c1. The second kappa shape index (κ2) is 5.54. The first-order valence-corrected chi connectivity index (χ1v) is 6.94. The molecule has 0 aliphatic rings. The molecule has 0 bridgehead atoms. The summed E-state index contributed by atoms with van der Waals surface area (Å²) in [7, 11) is 1.66. The number of nitrogens with zero attached hydrogens (tertiary/aromatic N) is 1. The Morgan fingerprint density at radius 2 is 1.81 bits per heavy atom. The third-order valence-corrected chi connectivity index (χ3v) is 3.66. The van der Waals surface area contributed by atoms with Crippen molar-refractivity contribution in [2.45, 2.75) is 13.0 Å². The van der Waals surface area contributed by atoms with Crippen LogP contribution < -0.4 is 10.5 Å². The van der Waals surface area contributed by atoms with Crippen LogP contribution in [0.4, 0.5) is 0 Å². The quantitative estimate of drug-likeness (QED) is 0.796. The van der Waals surface area contributed by atoms with Gasteiger partial charge in [-0.3, -0.25) is 4.98 Å². The van der Waals surface area contributed by atoms with E-state index in [2.05, 4.69) is 17.1 Å². The van der Waals surface area contributed by atoms with E-state index in [1.165, 1.54) is 0 Å². The average Bonchev–Trinajstić information content (AvgIpc) is 2.53. The van der Waals surface area contributed by atoms with Crippen LogP contribution in [0.15, 0.2) is 54.6 Å². The fourth-order valence-electron chi connectivity index (χ4n) is 2.47. The molecule has 1 aromatic heterocycles. The predicted molar refractivity (Wildman–Crippen MR) is 85.5 cm³/mol. The van der Waals surface area contributed by atoms with Crippen molar-refractivity contribution in [3.8, 4) is 5.75 Å². The number of hydrogen-bond donors (Lipinski definition) is 1. The summed E-state index contributed by atoms with van der Waals surface area (Å²) in [6, 6.07) is 18.0. The van der Waals surface area contributed by atoms with Crippen molar-refractivity contribution in [2.24, 2.45) is 5.73 Å². The van der Waals surface area contributed by atoms with Crippen molar-refractivity contribution in [3.63, 3.8) is 0 Å². The van der Waals surface area contributed by atoms with Gasteiger partial charge in [-0.15, -0.1) is 0 Å². The Bertz CT molecular complexity index is 783. The standard InChI is InChI=1S/C18H18N2O/c1-12-6-7-13-10-15(8-9-17(13)20-12)18(19)14-4-3-5-16(11-14)21-2/h3-11,18H,19H2,1-2H3. The topological polar surface area (TPSA) is 48.1 Å². The Kier molecular flexibility index (Phi) is 3.59. The zero-order valence-corrected chi connectivity index (χ0v) is 12.2. The van der Waals surface area contributed by atoms with E-state index in [0.29, 0.717) is 0 Å². The molecule has 0 aliphatic carbocycles. The number of benzene rings is 2. The fraction of sp³-hybridized carbons (Fsp3) is 0.167. The molecule has 0 saturated heterocycles. The van der Waals surface area contributed by atoms with Gasteiger partial charge in [0.15, 0.2) is 0 Å². The van der Waals surface area contributed by atoms with Gasteiger partial charge in [-0.25, -0.2) is 0 Å². The summed E-state index contributed by atoms with van der Waals surface area (Å²) in [5, 5.41) is 1.11. The minimum absolute atomic E-state index is 0.175. The molecule has 0 amide bonds. The van der Waals surface area contributed by atoms with Gasteiger partial charge >= 0.3 is 0 Å². The highest BCUT2D eigenvalue weighted by Crippen LogP contribution is 2.25. The van der Waals surface area contributed by atoms with Gasteiger partial charge in [0.25, 0.3) is 0 Å². The Morgan fingerprint density at radius 1 is 1.00 bits per heavy atom. The molecule has 0 saturated carbocycles. The van der Waals surface area contributed by atoms with Gasteiger partial charge in [-0.1, -0.05) is 24.3 Å². The van der Waals surface area contributed by atoms with E-state index in [-0.39, 0.29) is 6.04 Å². The van der Waals surface area contributed by atoms with E-state index in [0.717, 1.165) is 33.5 Å². The molecule has 3 heteroatoms. The lowest BCUT2D eigenvalue weighted by atomic mass is 9.98. The molecule has 2 aromatic carbocycles. The van der Waals surface area contributed by atoms with Crippen LogP contribution in [-0.4, -0.2) is 12.1 Å². The Labute approximate surface area is 124 Å². The number of aryl methyl sites for hydroxylation is 1. The molecule has 0 spiro atoms. The molecule has 0 radical (unpaired) electrons. The van der Waals surface area contributed by atoms with Gasteiger partial charge in [0.1, 0.15) is 5.75 Å². The minimum atomic E-state index is -0.175. The number of hydrogen-bond acceptors (Lipinski definition) is 3. The lowest BCUT2D eigenvalue weighted by Gasteiger charge is -2.14. The van der Waals surface area contributed by atoms with Crippen molar-refractivity contribution in [2.75, 3.05) is 7.11 Å². The first kappa shape index (κ1) is 13.6. The highest BCUT2D eigenvalue weighted by atomic mass is 16.5. The van der Waals surface area contributed by atoms with E-state index in [1.807, 2.05) is 49.4 Å². The van der Waals surface area contributed by atoms with Crippen molar-refractivity contribution >= 4 is 10.9 Å². The lowest BCUT2D eigenvalue weighted by molar-refractivity contribution is 0.414. The third kappa shape index (κ3) is 2.73. The highest BCUT2D eigenvalue weighted by Gasteiger charge is 2.10. The molecule has 21 heavy (non-hydrogen) atoms. The summed E-state index contributed by atoms with van der Waals surface area (Å²) in [4.78, 5) is 4.52. The molecule has 1 unspecified atom stereocenters. The van der Waals surface area contributed by atoms with E-state index in [1.54, 1.807) is 7.11 Å². The van der Waals surface area contributed by atoms with Crippen molar-refractivity contribution in [1.82, 2.24) is 4.98 Å². The molecular formula is C18H18N2O. The molecule has 106 valence electrons. The smallest absolute Gasteiger partial charge is 0.119 e. The van der Waals surface area contributed by atoms with Gasteiger partial charge in [-0.05, 0) is 48.4 Å². The van der Waals surface area contributed by atoms with Crippen LogP contribution in [0, 0.1) is 6.92 Å². The monoisotopic (exact) mass is 278 g/mol. The Morgan fingerprint density at radius 3 is 2.62 bits per heavy atom. The largest absolute Gasteiger partial charge is 0.497 e. The van der Waals surface area contributed by atoms with E-state index >= 15 is 0 Å². The van der Waals surface area contributed by atoms with Crippen LogP contribution in [0.3, 0.4) is 0 Å². The number of aromatic nitrogens is 1. The number of ether oxygens (including phenoxy) is 1. The maximum atomic E-state index is 6.38. The average molecular weight is 278 g/mol. The molecule has 3 rings (SSSR count). The van der Waals surface area contributed by atoms with Crippen molar-refractivity contribution in [3.05, 3.63) is 71.4 Å². The normalized spacial score (nSPS) is 12.3. The van der Waals surface area contributed by atoms with Gasteiger partial charge in [0, 0.05) is 11.1 Å². The van der Waals surface area contributed by atoms with Gasteiger partial charge in [0.05, 0.1) is 18.7 Å². The van der Waals surface area contributed by atoms with Gasteiger partial charge in [-0.2, -0.15) is 0 Å². The molecule has 1 heterocycles. The van der Waals surface area contributed by atoms with E-state index < -0.39 is 0 Å². The van der Waals surface area contributed by atoms with E-state index in [4.69, 9.17) is 10.5 Å². The van der Waals surface area contributed by atoms with Gasteiger partial charge < -0.3 is 10.5 Å². The Balaban J connectivity index is 2.00. The maximum absolute atomic E-state index is 6.38. The van der Waals surface area contributed by atoms with Crippen LogP contribution in [0.5, 0.6) is 5.75 Å². The van der Waals surface area contributed by atoms with Gasteiger partial charge in [0.2, 0.25) is 0 Å². The van der Waals surface area contributed by atoms with Crippen LogP contribution in [-0.2, 0) is 0 Å². The summed E-state index contributed by atoms with van der Waals surface area (Å²) in [5.41, 5.74) is 10.5. The number of fused-ring (bicyclic) bond motifs is 1. The first-order chi connectivity index (χ1) is 10.2. The molecular weight excluding hydrogens is 260 g/mol. The fourth-order valence-corrected chi connectivity index (χ4v) is 2.47. The number of pyridine rings is 1.